The Morgan fingerprint density at radius 3 is 2.24 bits per heavy atom. The Hall–Kier alpha value is -0.340. The molecule has 0 amide bonds. The summed E-state index contributed by atoms with van der Waals surface area (Å²) in [7, 11) is 0. The van der Waals surface area contributed by atoms with E-state index in [-0.39, 0.29) is 18.1 Å². The SMILES string of the molecule is C=C(C)[C@@H]1CC[C@]2(CC)CC[C@]3(C)[C@H](CC[C@@H]4[C@@]5(C)CCC(N)[C@@](C)(CO)[C@@H]5CC[C@]43C)[C@@H]12. The van der Waals surface area contributed by atoms with E-state index in [0.717, 1.165) is 30.1 Å². The minimum atomic E-state index is -0.119. The van der Waals surface area contributed by atoms with Gasteiger partial charge in [-0.25, -0.2) is 0 Å². The van der Waals surface area contributed by atoms with Gasteiger partial charge in [-0.05, 0) is 122 Å². The van der Waals surface area contributed by atoms with Crippen LogP contribution in [0.2, 0.25) is 0 Å². The smallest absolute Gasteiger partial charge is 0.0502 e. The van der Waals surface area contributed by atoms with Crippen molar-refractivity contribution in [2.24, 2.45) is 62.4 Å². The van der Waals surface area contributed by atoms with Crippen LogP contribution >= 0.6 is 0 Å². The fourth-order valence-corrected chi connectivity index (χ4v) is 12.0. The van der Waals surface area contributed by atoms with Gasteiger partial charge in [0.1, 0.15) is 0 Å². The maximum atomic E-state index is 10.5. The number of rotatable bonds is 3. The molecule has 0 aromatic rings. The van der Waals surface area contributed by atoms with E-state index < -0.39 is 0 Å². The number of allylic oxidation sites excluding steroid dienone is 1. The van der Waals surface area contributed by atoms with Crippen LogP contribution in [0.25, 0.3) is 0 Å². The van der Waals surface area contributed by atoms with Crippen molar-refractivity contribution < 1.29 is 5.11 Å². The van der Waals surface area contributed by atoms with E-state index in [9.17, 15) is 5.11 Å². The van der Waals surface area contributed by atoms with E-state index in [1.54, 1.807) is 0 Å². The molecule has 0 heterocycles. The van der Waals surface area contributed by atoms with Crippen molar-refractivity contribution in [2.45, 2.75) is 118 Å². The number of aliphatic hydroxyl groups excluding tert-OH is 1. The lowest BCUT2D eigenvalue weighted by molar-refractivity contribution is -0.242. The highest BCUT2D eigenvalue weighted by Crippen LogP contribution is 2.77. The van der Waals surface area contributed by atoms with E-state index in [2.05, 4.69) is 48.1 Å². The summed E-state index contributed by atoms with van der Waals surface area (Å²) in [6, 6.07) is 0.145. The molecule has 188 valence electrons. The molecule has 5 aliphatic carbocycles. The first-order chi connectivity index (χ1) is 15.4. The molecule has 0 saturated heterocycles. The summed E-state index contributed by atoms with van der Waals surface area (Å²) in [6.45, 7) is 20.0. The number of nitrogens with two attached hydrogens (primary N) is 1. The van der Waals surface area contributed by atoms with Gasteiger partial charge in [0.2, 0.25) is 0 Å². The van der Waals surface area contributed by atoms with E-state index in [1.165, 1.54) is 69.8 Å². The van der Waals surface area contributed by atoms with Crippen LogP contribution in [-0.4, -0.2) is 17.8 Å². The predicted molar refractivity (Wildman–Crippen MR) is 139 cm³/mol. The van der Waals surface area contributed by atoms with Crippen molar-refractivity contribution in [3.8, 4) is 0 Å². The maximum absolute atomic E-state index is 10.5. The minimum absolute atomic E-state index is 0.119. The van der Waals surface area contributed by atoms with Gasteiger partial charge in [0.05, 0.1) is 6.61 Å². The number of hydrogen-bond acceptors (Lipinski definition) is 2. The van der Waals surface area contributed by atoms with Crippen molar-refractivity contribution in [3.05, 3.63) is 12.2 Å². The van der Waals surface area contributed by atoms with Crippen molar-refractivity contribution in [1.82, 2.24) is 0 Å². The van der Waals surface area contributed by atoms with Gasteiger partial charge in [-0.15, -0.1) is 0 Å². The molecule has 0 spiro atoms. The van der Waals surface area contributed by atoms with Crippen LogP contribution in [0.15, 0.2) is 12.2 Å². The standard InChI is InChI=1S/C31H53NO/c1-8-31-16-11-21(20(2)3)26(31)22-9-10-24-27(4)14-13-25(32)28(5,19-33)23(27)12-15-30(24,7)29(22,6)17-18-31/h21-26,33H,2,8-19,32H2,1,3-7H3/t21-,22+,23+,24+,25?,26+,27-,28-,29+,30+,31+/m0/s1. The van der Waals surface area contributed by atoms with Crippen LogP contribution < -0.4 is 5.73 Å². The molecule has 1 unspecified atom stereocenters. The molecule has 5 fully saturated rings. The summed E-state index contributed by atoms with van der Waals surface area (Å²) in [4.78, 5) is 0. The van der Waals surface area contributed by atoms with Crippen molar-refractivity contribution in [2.75, 3.05) is 6.61 Å². The molecule has 0 radical (unpaired) electrons. The monoisotopic (exact) mass is 455 g/mol. The summed E-state index contributed by atoms with van der Waals surface area (Å²) in [5, 5.41) is 10.5. The summed E-state index contributed by atoms with van der Waals surface area (Å²) < 4.78 is 0. The highest BCUT2D eigenvalue weighted by Gasteiger charge is 2.70. The third-order valence-corrected chi connectivity index (χ3v) is 14.2. The second-order valence-corrected chi connectivity index (χ2v) is 14.7. The Balaban J connectivity index is 1.55. The van der Waals surface area contributed by atoms with Gasteiger partial charge in [-0.2, -0.15) is 0 Å². The van der Waals surface area contributed by atoms with Gasteiger partial charge in [-0.1, -0.05) is 53.2 Å². The van der Waals surface area contributed by atoms with Crippen LogP contribution in [0.5, 0.6) is 0 Å². The topological polar surface area (TPSA) is 46.2 Å². The van der Waals surface area contributed by atoms with Crippen LogP contribution in [0, 0.1) is 56.7 Å². The quantitative estimate of drug-likeness (QED) is 0.437. The lowest BCUT2D eigenvalue weighted by atomic mass is 9.32. The summed E-state index contributed by atoms with van der Waals surface area (Å²) >= 11 is 0. The Kier molecular flexibility index (Phi) is 5.60. The first kappa shape index (κ1) is 24.4. The van der Waals surface area contributed by atoms with Gasteiger partial charge in [-0.3, -0.25) is 0 Å². The largest absolute Gasteiger partial charge is 0.396 e. The zero-order valence-corrected chi connectivity index (χ0v) is 22.7. The van der Waals surface area contributed by atoms with E-state index >= 15 is 0 Å². The first-order valence-electron chi connectivity index (χ1n) is 14.5. The van der Waals surface area contributed by atoms with Crippen LogP contribution in [0.3, 0.4) is 0 Å². The Labute approximate surface area is 204 Å². The molecule has 3 N–H and O–H groups in total. The zero-order valence-electron chi connectivity index (χ0n) is 22.7. The fraction of sp³-hybridized carbons (Fsp3) is 0.935. The highest BCUT2D eigenvalue weighted by molar-refractivity contribution is 5.21. The second kappa shape index (κ2) is 7.58. The van der Waals surface area contributed by atoms with Crippen molar-refractivity contribution in [1.29, 1.82) is 0 Å². The third kappa shape index (κ3) is 2.86. The Morgan fingerprint density at radius 2 is 1.61 bits per heavy atom. The normalized spacial score (nSPS) is 58.1. The number of fused-ring (bicyclic) bond motifs is 7. The zero-order chi connectivity index (χ0) is 24.0. The first-order valence-corrected chi connectivity index (χ1v) is 14.5. The molecule has 11 atom stereocenters. The second-order valence-electron chi connectivity index (χ2n) is 14.7. The van der Waals surface area contributed by atoms with E-state index in [1.807, 2.05) is 0 Å². The fourth-order valence-electron chi connectivity index (χ4n) is 12.0. The molecule has 33 heavy (non-hydrogen) atoms. The number of hydrogen-bond donors (Lipinski definition) is 2. The Bertz CT molecular complexity index is 807. The van der Waals surface area contributed by atoms with Crippen LogP contribution in [-0.2, 0) is 0 Å². The van der Waals surface area contributed by atoms with Crippen molar-refractivity contribution >= 4 is 0 Å². The molecule has 0 aromatic heterocycles. The van der Waals surface area contributed by atoms with Gasteiger partial charge >= 0.3 is 0 Å². The molecular formula is C31H53NO. The average molecular weight is 456 g/mol. The predicted octanol–water partition coefficient (Wildman–Crippen LogP) is 7.35. The molecule has 5 aliphatic rings. The molecule has 2 nitrogen and oxygen atoms in total. The van der Waals surface area contributed by atoms with Gasteiger partial charge in [0, 0.05) is 11.5 Å². The molecule has 5 rings (SSSR count). The van der Waals surface area contributed by atoms with E-state index in [4.69, 9.17) is 5.73 Å². The average Bonchev–Trinajstić information content (AvgIpc) is 3.17. The summed E-state index contributed by atoms with van der Waals surface area (Å²) in [5.74, 6) is 3.77. The lowest BCUT2D eigenvalue weighted by Crippen LogP contribution is -2.68. The van der Waals surface area contributed by atoms with Gasteiger partial charge in [0.25, 0.3) is 0 Å². The third-order valence-electron chi connectivity index (χ3n) is 14.2. The summed E-state index contributed by atoms with van der Waals surface area (Å²) in [6.07, 6.45) is 14.8. The van der Waals surface area contributed by atoms with Crippen molar-refractivity contribution in [3.63, 3.8) is 0 Å². The molecule has 2 heteroatoms. The molecule has 0 aromatic carbocycles. The number of aliphatic hydroxyl groups is 1. The molecule has 0 bridgehead atoms. The molecular weight excluding hydrogens is 402 g/mol. The molecule has 5 saturated carbocycles. The maximum Gasteiger partial charge on any atom is 0.0502 e. The minimum Gasteiger partial charge on any atom is -0.396 e. The summed E-state index contributed by atoms with van der Waals surface area (Å²) in [5.41, 5.74) is 9.75. The van der Waals surface area contributed by atoms with Gasteiger partial charge < -0.3 is 10.8 Å². The lowest BCUT2D eigenvalue weighted by Gasteiger charge is -2.73. The Morgan fingerprint density at radius 1 is 0.879 bits per heavy atom. The van der Waals surface area contributed by atoms with Crippen LogP contribution in [0.4, 0.5) is 0 Å². The van der Waals surface area contributed by atoms with Crippen LogP contribution in [0.1, 0.15) is 112 Å². The van der Waals surface area contributed by atoms with Gasteiger partial charge in [0.15, 0.2) is 0 Å². The highest BCUT2D eigenvalue weighted by atomic mass is 16.3. The molecule has 0 aliphatic heterocycles. The van der Waals surface area contributed by atoms with E-state index in [0.29, 0.717) is 27.6 Å².